The monoisotopic (exact) mass is 431 g/mol. The number of amides is 2. The Morgan fingerprint density at radius 3 is 2.45 bits per heavy atom. The fraction of sp³-hybridized carbons (Fsp3) is 0.476. The molecule has 1 saturated heterocycles. The number of nitrogens with zero attached hydrogens (tertiary/aromatic N) is 5. The minimum Gasteiger partial charge on any atom is -0.466 e. The number of aromatic nitrogens is 3. The third kappa shape index (κ3) is 5.25. The molecule has 1 aromatic carbocycles. The van der Waals surface area contributed by atoms with Crippen molar-refractivity contribution in [3.8, 4) is 5.69 Å². The van der Waals surface area contributed by atoms with Crippen molar-refractivity contribution in [2.75, 3.05) is 33.3 Å². The first-order valence-corrected chi connectivity index (χ1v) is 10.2. The van der Waals surface area contributed by atoms with Crippen molar-refractivity contribution in [1.29, 1.82) is 0 Å². The van der Waals surface area contributed by atoms with Crippen LogP contribution in [0.15, 0.2) is 24.3 Å². The van der Waals surface area contributed by atoms with E-state index < -0.39 is 5.91 Å². The zero-order chi connectivity index (χ0) is 22.5. The minimum absolute atomic E-state index is 0.0434. The molecule has 1 aliphatic heterocycles. The van der Waals surface area contributed by atoms with E-state index in [1.807, 2.05) is 0 Å². The molecule has 1 aliphatic rings. The standard InChI is InChI=1S/C21H26FN5O4/c1-4-31-21(30)15-9-11-26(12-10-15)18(28)13-25(3)20(29)19-23-14(2)27(24-19)17-7-5-16(22)6-8-17/h5-8,15H,4,9-13H2,1-3H3. The van der Waals surface area contributed by atoms with Crippen LogP contribution in [0.2, 0.25) is 0 Å². The molecule has 0 saturated carbocycles. The third-order valence-electron chi connectivity index (χ3n) is 5.22. The van der Waals surface area contributed by atoms with E-state index in [0.717, 1.165) is 0 Å². The van der Waals surface area contributed by atoms with Gasteiger partial charge in [0.25, 0.3) is 5.91 Å². The molecule has 31 heavy (non-hydrogen) atoms. The summed E-state index contributed by atoms with van der Waals surface area (Å²) in [6, 6.07) is 5.68. The van der Waals surface area contributed by atoms with Crippen LogP contribution in [0.5, 0.6) is 0 Å². The predicted molar refractivity (Wildman–Crippen MR) is 109 cm³/mol. The first-order valence-electron chi connectivity index (χ1n) is 10.2. The van der Waals surface area contributed by atoms with E-state index in [9.17, 15) is 18.8 Å². The fourth-order valence-corrected chi connectivity index (χ4v) is 3.48. The van der Waals surface area contributed by atoms with Gasteiger partial charge in [-0.2, -0.15) is 0 Å². The van der Waals surface area contributed by atoms with E-state index in [2.05, 4.69) is 10.1 Å². The summed E-state index contributed by atoms with van der Waals surface area (Å²) in [5.41, 5.74) is 0.577. The second-order valence-corrected chi connectivity index (χ2v) is 7.44. The highest BCUT2D eigenvalue weighted by molar-refractivity contribution is 5.93. The highest BCUT2D eigenvalue weighted by atomic mass is 19.1. The third-order valence-corrected chi connectivity index (χ3v) is 5.22. The average Bonchev–Trinajstić information content (AvgIpc) is 3.15. The van der Waals surface area contributed by atoms with E-state index in [1.54, 1.807) is 30.9 Å². The topological polar surface area (TPSA) is 97.6 Å². The van der Waals surface area contributed by atoms with Gasteiger partial charge in [-0.1, -0.05) is 0 Å². The maximum Gasteiger partial charge on any atom is 0.309 e. The lowest BCUT2D eigenvalue weighted by molar-refractivity contribution is -0.151. The van der Waals surface area contributed by atoms with Gasteiger partial charge in [-0.25, -0.2) is 14.1 Å². The first kappa shape index (κ1) is 22.4. The van der Waals surface area contributed by atoms with Gasteiger partial charge in [0.05, 0.1) is 24.8 Å². The van der Waals surface area contributed by atoms with Crippen molar-refractivity contribution in [3.63, 3.8) is 0 Å². The van der Waals surface area contributed by atoms with Crippen LogP contribution in [-0.4, -0.2) is 75.6 Å². The Hall–Kier alpha value is -3.30. The van der Waals surface area contributed by atoms with Crippen molar-refractivity contribution in [2.45, 2.75) is 26.7 Å². The Morgan fingerprint density at radius 1 is 1.19 bits per heavy atom. The smallest absolute Gasteiger partial charge is 0.309 e. The maximum atomic E-state index is 13.1. The number of esters is 1. The summed E-state index contributed by atoms with van der Waals surface area (Å²) in [4.78, 5) is 44.3. The number of likely N-dealkylation sites (N-methyl/N-ethyl adjacent to an activating group) is 1. The highest BCUT2D eigenvalue weighted by Gasteiger charge is 2.29. The molecule has 166 valence electrons. The second kappa shape index (κ2) is 9.67. The van der Waals surface area contributed by atoms with E-state index >= 15 is 0 Å². The van der Waals surface area contributed by atoms with Gasteiger partial charge >= 0.3 is 5.97 Å². The summed E-state index contributed by atoms with van der Waals surface area (Å²) in [6.07, 6.45) is 1.09. The summed E-state index contributed by atoms with van der Waals surface area (Å²) in [5.74, 6) is -1.05. The highest BCUT2D eigenvalue weighted by Crippen LogP contribution is 2.19. The average molecular weight is 431 g/mol. The Labute approximate surface area is 179 Å². The summed E-state index contributed by atoms with van der Waals surface area (Å²) < 4.78 is 19.6. The van der Waals surface area contributed by atoms with Crippen LogP contribution < -0.4 is 0 Å². The maximum absolute atomic E-state index is 13.1. The molecular formula is C21H26FN5O4. The van der Waals surface area contributed by atoms with E-state index in [4.69, 9.17) is 4.74 Å². The molecule has 2 heterocycles. The lowest BCUT2D eigenvalue weighted by atomic mass is 9.97. The van der Waals surface area contributed by atoms with Crippen molar-refractivity contribution in [1.82, 2.24) is 24.6 Å². The molecular weight excluding hydrogens is 405 g/mol. The molecule has 9 nitrogen and oxygen atoms in total. The van der Waals surface area contributed by atoms with Gasteiger partial charge in [-0.3, -0.25) is 14.4 Å². The largest absolute Gasteiger partial charge is 0.466 e. The molecule has 1 fully saturated rings. The molecule has 0 unspecified atom stereocenters. The molecule has 0 spiro atoms. The van der Waals surface area contributed by atoms with Crippen LogP contribution in [0.4, 0.5) is 4.39 Å². The van der Waals surface area contributed by atoms with Gasteiger partial charge in [0.2, 0.25) is 11.7 Å². The number of benzene rings is 1. The zero-order valence-electron chi connectivity index (χ0n) is 17.9. The van der Waals surface area contributed by atoms with Crippen molar-refractivity contribution in [3.05, 3.63) is 41.7 Å². The summed E-state index contributed by atoms with van der Waals surface area (Å²) >= 11 is 0. The van der Waals surface area contributed by atoms with E-state index in [0.29, 0.717) is 44.0 Å². The minimum atomic E-state index is -0.487. The number of aryl methyl sites for hydroxylation is 1. The predicted octanol–water partition coefficient (Wildman–Crippen LogP) is 1.59. The molecule has 10 heteroatoms. The fourth-order valence-electron chi connectivity index (χ4n) is 3.48. The molecule has 1 aromatic heterocycles. The van der Waals surface area contributed by atoms with Crippen molar-refractivity contribution >= 4 is 17.8 Å². The first-order chi connectivity index (χ1) is 14.8. The SMILES string of the molecule is CCOC(=O)C1CCN(C(=O)CN(C)C(=O)c2nc(C)n(-c3ccc(F)cc3)n2)CC1. The van der Waals surface area contributed by atoms with Crippen molar-refractivity contribution < 1.29 is 23.5 Å². The number of carbonyl (C=O) groups excluding carboxylic acids is 3. The number of piperidine rings is 1. The molecule has 0 N–H and O–H groups in total. The van der Waals surface area contributed by atoms with Gasteiger partial charge < -0.3 is 14.5 Å². The molecule has 0 bridgehead atoms. The van der Waals surface area contributed by atoms with Gasteiger partial charge in [0.1, 0.15) is 11.6 Å². The Balaban J connectivity index is 1.58. The number of ether oxygens (including phenoxy) is 1. The van der Waals surface area contributed by atoms with Crippen LogP contribution in [-0.2, 0) is 14.3 Å². The number of halogens is 1. The number of likely N-dealkylation sites (tertiary alicyclic amines) is 1. The van der Waals surface area contributed by atoms with Gasteiger partial charge in [0, 0.05) is 20.1 Å². The van der Waals surface area contributed by atoms with Crippen LogP contribution in [0.3, 0.4) is 0 Å². The number of rotatable bonds is 6. The summed E-state index contributed by atoms with van der Waals surface area (Å²) in [5, 5.41) is 4.21. The van der Waals surface area contributed by atoms with E-state index in [-0.39, 0.29) is 36.0 Å². The van der Waals surface area contributed by atoms with Gasteiger partial charge in [-0.05, 0) is 51.0 Å². The summed E-state index contributed by atoms with van der Waals surface area (Å²) in [6.45, 7) is 4.57. The lowest BCUT2D eigenvalue weighted by Crippen LogP contribution is -2.45. The molecule has 0 radical (unpaired) electrons. The van der Waals surface area contributed by atoms with Crippen LogP contribution >= 0.6 is 0 Å². The normalized spacial score (nSPS) is 14.4. The van der Waals surface area contributed by atoms with Crippen molar-refractivity contribution in [2.24, 2.45) is 5.92 Å². The zero-order valence-corrected chi connectivity index (χ0v) is 17.9. The summed E-state index contributed by atoms with van der Waals surface area (Å²) in [7, 11) is 1.51. The second-order valence-electron chi connectivity index (χ2n) is 7.44. The van der Waals surface area contributed by atoms with E-state index in [1.165, 1.54) is 28.8 Å². The molecule has 0 aliphatic carbocycles. The molecule has 2 aromatic rings. The molecule has 2 amide bonds. The number of hydrogen-bond acceptors (Lipinski definition) is 6. The Kier molecular flexibility index (Phi) is 6.98. The number of carbonyl (C=O) groups is 3. The van der Waals surface area contributed by atoms with Crippen LogP contribution in [0, 0.1) is 18.7 Å². The Morgan fingerprint density at radius 2 is 1.84 bits per heavy atom. The molecule has 3 rings (SSSR count). The van der Waals surface area contributed by atoms with Gasteiger partial charge in [-0.15, -0.1) is 5.10 Å². The quantitative estimate of drug-likeness (QED) is 0.645. The van der Waals surface area contributed by atoms with Crippen LogP contribution in [0.1, 0.15) is 36.2 Å². The number of hydrogen-bond donors (Lipinski definition) is 0. The molecule has 0 atom stereocenters. The Bertz CT molecular complexity index is 951. The van der Waals surface area contributed by atoms with Gasteiger partial charge in [0.15, 0.2) is 0 Å². The lowest BCUT2D eigenvalue weighted by Gasteiger charge is -2.31. The van der Waals surface area contributed by atoms with Crippen LogP contribution in [0.25, 0.3) is 5.69 Å².